The van der Waals surface area contributed by atoms with E-state index in [-0.39, 0.29) is 30.0 Å². The van der Waals surface area contributed by atoms with E-state index < -0.39 is 11.9 Å². The molecule has 1 aliphatic heterocycles. The van der Waals surface area contributed by atoms with Gasteiger partial charge in [0.25, 0.3) is 0 Å². The lowest BCUT2D eigenvalue weighted by molar-refractivity contribution is -0.144. The molecule has 1 N–H and O–H groups in total. The number of carbonyl (C=O) groups is 2. The fourth-order valence-corrected chi connectivity index (χ4v) is 4.97. The van der Waals surface area contributed by atoms with Crippen molar-refractivity contribution in [2.45, 2.75) is 58.0 Å². The van der Waals surface area contributed by atoms with Crippen LogP contribution in [0, 0.1) is 5.82 Å². The summed E-state index contributed by atoms with van der Waals surface area (Å²) < 4.78 is 30.2. The highest BCUT2D eigenvalue weighted by atomic mass is 19.1. The Labute approximate surface area is 211 Å². The molecule has 2 aromatic rings. The number of ketones is 1. The van der Waals surface area contributed by atoms with Crippen LogP contribution in [-0.4, -0.2) is 32.1 Å². The van der Waals surface area contributed by atoms with Gasteiger partial charge < -0.3 is 19.5 Å². The first-order chi connectivity index (χ1) is 17.3. The van der Waals surface area contributed by atoms with Crippen molar-refractivity contribution in [3.8, 4) is 11.5 Å². The Morgan fingerprint density at radius 2 is 1.72 bits per heavy atom. The van der Waals surface area contributed by atoms with Crippen molar-refractivity contribution in [2.75, 3.05) is 14.2 Å². The van der Waals surface area contributed by atoms with Crippen LogP contribution in [0.15, 0.2) is 65.0 Å². The fraction of sp³-hybridized carbons (Fsp3) is 0.379. The highest BCUT2D eigenvalue weighted by molar-refractivity contribution is 6.04. The number of esters is 1. The number of methoxy groups -OCH3 is 2. The monoisotopic (exact) mass is 493 g/mol. The second-order valence-corrected chi connectivity index (χ2v) is 9.31. The van der Waals surface area contributed by atoms with Crippen LogP contribution in [0.2, 0.25) is 0 Å². The molecule has 0 aromatic heterocycles. The van der Waals surface area contributed by atoms with E-state index in [1.165, 1.54) is 12.1 Å². The molecule has 36 heavy (non-hydrogen) atoms. The van der Waals surface area contributed by atoms with Gasteiger partial charge in [0.2, 0.25) is 0 Å². The number of benzene rings is 2. The molecule has 0 unspecified atom stereocenters. The number of hydrogen-bond donors (Lipinski definition) is 1. The number of nitrogens with one attached hydrogen (secondary N) is 1. The molecule has 0 bridgehead atoms. The Morgan fingerprint density at radius 3 is 2.36 bits per heavy atom. The van der Waals surface area contributed by atoms with E-state index in [2.05, 4.69) is 5.32 Å². The van der Waals surface area contributed by atoms with Gasteiger partial charge in [-0.2, -0.15) is 0 Å². The molecule has 6 nitrogen and oxygen atoms in total. The third-order valence-electron chi connectivity index (χ3n) is 7.01. The zero-order valence-corrected chi connectivity index (χ0v) is 21.3. The van der Waals surface area contributed by atoms with Crippen molar-refractivity contribution < 1.29 is 28.2 Å². The molecule has 1 aliphatic carbocycles. The Balaban J connectivity index is 1.76. The average Bonchev–Trinajstić information content (AvgIpc) is 2.87. The Bertz CT molecular complexity index is 1230. The van der Waals surface area contributed by atoms with E-state index in [0.29, 0.717) is 46.7 Å². The Hall–Kier alpha value is -3.61. The maximum absolute atomic E-state index is 13.8. The molecule has 0 spiro atoms. The number of Topliss-reactive ketones (excluding diaryl/α,β-unsaturated/α-hetero) is 1. The summed E-state index contributed by atoms with van der Waals surface area (Å²) in [5, 5.41) is 3.34. The minimum Gasteiger partial charge on any atom is -0.493 e. The lowest BCUT2D eigenvalue weighted by Crippen LogP contribution is -2.36. The van der Waals surface area contributed by atoms with Gasteiger partial charge in [-0.1, -0.05) is 25.1 Å². The largest absolute Gasteiger partial charge is 0.493 e. The maximum Gasteiger partial charge on any atom is 0.337 e. The molecule has 0 saturated heterocycles. The van der Waals surface area contributed by atoms with Gasteiger partial charge >= 0.3 is 5.97 Å². The van der Waals surface area contributed by atoms with Gasteiger partial charge in [-0.25, -0.2) is 9.18 Å². The number of carbonyl (C=O) groups excluding carboxylic acids is 2. The number of hydrogen-bond acceptors (Lipinski definition) is 6. The number of ether oxygens (including phenoxy) is 3. The molecule has 190 valence electrons. The molecule has 2 aliphatic rings. The van der Waals surface area contributed by atoms with Crippen LogP contribution in [0.4, 0.5) is 4.39 Å². The molecule has 0 saturated carbocycles. The smallest absolute Gasteiger partial charge is 0.337 e. The molecule has 7 heteroatoms. The third kappa shape index (κ3) is 4.87. The van der Waals surface area contributed by atoms with E-state index in [0.717, 1.165) is 11.3 Å². The molecule has 0 radical (unpaired) electrons. The van der Waals surface area contributed by atoms with Gasteiger partial charge in [-0.15, -0.1) is 0 Å². The van der Waals surface area contributed by atoms with Gasteiger partial charge in [0, 0.05) is 29.3 Å². The summed E-state index contributed by atoms with van der Waals surface area (Å²) in [4.78, 5) is 27.0. The normalized spacial score (nSPS) is 20.4. The number of halogens is 1. The quantitative estimate of drug-likeness (QED) is 0.510. The Kier molecular flexibility index (Phi) is 7.48. The van der Waals surface area contributed by atoms with Crippen molar-refractivity contribution in [1.82, 2.24) is 5.32 Å². The lowest BCUT2D eigenvalue weighted by Gasteiger charge is -2.37. The first-order valence-corrected chi connectivity index (χ1v) is 12.2. The van der Waals surface area contributed by atoms with Gasteiger partial charge in [-0.3, -0.25) is 4.79 Å². The highest BCUT2D eigenvalue weighted by Crippen LogP contribution is 2.46. The van der Waals surface area contributed by atoms with Crippen molar-refractivity contribution >= 4 is 11.8 Å². The van der Waals surface area contributed by atoms with E-state index in [4.69, 9.17) is 14.2 Å². The molecule has 3 atom stereocenters. The topological polar surface area (TPSA) is 73.9 Å². The summed E-state index contributed by atoms with van der Waals surface area (Å²) in [6, 6.07) is 11.7. The van der Waals surface area contributed by atoms with Gasteiger partial charge in [0.1, 0.15) is 5.82 Å². The highest BCUT2D eigenvalue weighted by Gasteiger charge is 2.41. The average molecular weight is 494 g/mol. The van der Waals surface area contributed by atoms with Crippen molar-refractivity contribution in [3.05, 3.63) is 81.9 Å². The predicted molar refractivity (Wildman–Crippen MR) is 134 cm³/mol. The molecular weight excluding hydrogens is 461 g/mol. The second-order valence-electron chi connectivity index (χ2n) is 9.31. The molecular formula is C29H32FNO5. The van der Waals surface area contributed by atoms with Gasteiger partial charge in [0.05, 0.1) is 25.9 Å². The second kappa shape index (κ2) is 10.6. The Morgan fingerprint density at radius 1 is 1.06 bits per heavy atom. The van der Waals surface area contributed by atoms with Crippen LogP contribution >= 0.6 is 0 Å². The van der Waals surface area contributed by atoms with Crippen LogP contribution in [-0.2, 0) is 14.3 Å². The summed E-state index contributed by atoms with van der Waals surface area (Å²) in [6.07, 6.45) is 1.27. The first-order valence-electron chi connectivity index (χ1n) is 12.2. The summed E-state index contributed by atoms with van der Waals surface area (Å²) in [5.41, 5.74) is 3.99. The zero-order valence-electron chi connectivity index (χ0n) is 21.3. The lowest BCUT2D eigenvalue weighted by atomic mass is 9.71. The van der Waals surface area contributed by atoms with E-state index in [9.17, 15) is 14.0 Å². The summed E-state index contributed by atoms with van der Waals surface area (Å²) in [7, 11) is 3.16. The van der Waals surface area contributed by atoms with Gasteiger partial charge in [0.15, 0.2) is 17.3 Å². The maximum atomic E-state index is 13.8. The van der Waals surface area contributed by atoms with Crippen LogP contribution in [0.3, 0.4) is 0 Å². The van der Waals surface area contributed by atoms with Crippen LogP contribution in [0.5, 0.6) is 11.5 Å². The summed E-state index contributed by atoms with van der Waals surface area (Å²) in [5.74, 6) is -0.372. The van der Waals surface area contributed by atoms with Crippen molar-refractivity contribution in [1.29, 1.82) is 0 Å². The van der Waals surface area contributed by atoms with Crippen molar-refractivity contribution in [2.24, 2.45) is 0 Å². The number of allylic oxidation sites excluding steroid dienone is 3. The van der Waals surface area contributed by atoms with E-state index in [1.54, 1.807) is 26.4 Å². The minimum absolute atomic E-state index is 0.0563. The fourth-order valence-electron chi connectivity index (χ4n) is 4.97. The first kappa shape index (κ1) is 25.5. The molecule has 4 rings (SSSR count). The summed E-state index contributed by atoms with van der Waals surface area (Å²) in [6.45, 7) is 5.59. The number of rotatable bonds is 7. The van der Waals surface area contributed by atoms with Crippen LogP contribution in [0.1, 0.15) is 63.0 Å². The molecule has 0 amide bonds. The number of dihydropyridines is 1. The molecule has 2 aromatic carbocycles. The van der Waals surface area contributed by atoms with Crippen molar-refractivity contribution in [3.63, 3.8) is 0 Å². The summed E-state index contributed by atoms with van der Waals surface area (Å²) >= 11 is 0. The minimum atomic E-state index is -0.628. The molecule has 1 heterocycles. The van der Waals surface area contributed by atoms with Crippen LogP contribution < -0.4 is 14.8 Å². The van der Waals surface area contributed by atoms with Crippen LogP contribution in [0.25, 0.3) is 0 Å². The third-order valence-corrected chi connectivity index (χ3v) is 7.01. The van der Waals surface area contributed by atoms with E-state index >= 15 is 0 Å². The predicted octanol–water partition coefficient (Wildman–Crippen LogP) is 5.55. The van der Waals surface area contributed by atoms with E-state index in [1.807, 2.05) is 39.0 Å². The standard InChI is InChI=1S/C29H32FNO5/c1-6-16(2)36-29(33)26-17(3)31-22-13-20(19-9-12-24(34-4)25(15-19)35-5)14-23(32)28(22)27(26)18-7-10-21(30)11-8-18/h7-12,15-16,20,27,31H,6,13-14H2,1-5H3/t16-,20+,27-/m1/s1. The zero-order chi connectivity index (χ0) is 26.0. The van der Waals surface area contributed by atoms with Gasteiger partial charge in [-0.05, 0) is 68.0 Å². The molecule has 0 fully saturated rings. The SMILES string of the molecule is CC[C@@H](C)OC(=O)C1=C(C)NC2=C(C(=O)C[C@@H](c3ccc(OC)c(OC)c3)C2)[C@@H]1c1ccc(F)cc1.